The molecule has 2 N–H and O–H groups in total. The third-order valence-corrected chi connectivity index (χ3v) is 7.43. The van der Waals surface area contributed by atoms with Crippen molar-refractivity contribution < 1.29 is 23.9 Å². The Morgan fingerprint density at radius 3 is 2.33 bits per heavy atom. The number of hydrazine groups is 1. The number of rotatable bonds is 13. The van der Waals surface area contributed by atoms with E-state index in [1.54, 1.807) is 25.9 Å². The first-order chi connectivity index (χ1) is 20.9. The van der Waals surface area contributed by atoms with E-state index in [0.29, 0.717) is 32.4 Å². The molecule has 11 nitrogen and oxygen atoms in total. The minimum Gasteiger partial charge on any atom is -0.445 e. The summed E-state index contributed by atoms with van der Waals surface area (Å²) in [6.45, 7) is 8.84. The monoisotopic (exact) mass is 588 g/mol. The van der Waals surface area contributed by atoms with Crippen LogP contribution in [-0.2, 0) is 27.3 Å². The SMILES string of the molecule is C=CCOC(=O)NCCC[C@@H]1C(=O)N(CCc2ccccc2)C[C@H]2N1C(=O)CN(CC=C)N2C(=O)NCc1ccccc1. The van der Waals surface area contributed by atoms with Crippen LogP contribution in [0.4, 0.5) is 9.59 Å². The predicted octanol–water partition coefficient (Wildman–Crippen LogP) is 2.92. The Bertz CT molecular complexity index is 1270. The van der Waals surface area contributed by atoms with Gasteiger partial charge in [0.25, 0.3) is 0 Å². The lowest BCUT2D eigenvalue weighted by Gasteiger charge is -2.55. The Labute approximate surface area is 252 Å². The minimum absolute atomic E-state index is 0.0683. The average Bonchev–Trinajstić information content (AvgIpc) is 3.02. The number of nitrogens with zero attached hydrogens (tertiary/aromatic N) is 4. The third kappa shape index (κ3) is 8.23. The fraction of sp³-hybridized carbons (Fsp3) is 0.375. The van der Waals surface area contributed by atoms with Gasteiger partial charge in [-0.3, -0.25) is 9.59 Å². The summed E-state index contributed by atoms with van der Waals surface area (Å²) in [4.78, 5) is 56.4. The zero-order valence-corrected chi connectivity index (χ0v) is 24.4. The van der Waals surface area contributed by atoms with Gasteiger partial charge in [-0.25, -0.2) is 19.6 Å². The van der Waals surface area contributed by atoms with E-state index in [0.717, 1.165) is 11.1 Å². The van der Waals surface area contributed by atoms with Crippen LogP contribution in [-0.4, -0.2) is 95.3 Å². The van der Waals surface area contributed by atoms with Crippen molar-refractivity contribution in [1.82, 2.24) is 30.5 Å². The summed E-state index contributed by atoms with van der Waals surface area (Å²) in [6.07, 6.45) is 3.21. The van der Waals surface area contributed by atoms with Crippen molar-refractivity contribution in [3.63, 3.8) is 0 Å². The van der Waals surface area contributed by atoms with Crippen molar-refractivity contribution in [2.24, 2.45) is 0 Å². The molecule has 11 heteroatoms. The van der Waals surface area contributed by atoms with Crippen molar-refractivity contribution in [3.05, 3.63) is 97.1 Å². The highest BCUT2D eigenvalue weighted by atomic mass is 16.5. The van der Waals surface area contributed by atoms with Gasteiger partial charge < -0.3 is 25.2 Å². The summed E-state index contributed by atoms with van der Waals surface area (Å²) in [6, 6.07) is 18.3. The summed E-state index contributed by atoms with van der Waals surface area (Å²) >= 11 is 0. The number of hydrogen-bond donors (Lipinski definition) is 2. The van der Waals surface area contributed by atoms with E-state index in [9.17, 15) is 19.2 Å². The Hall–Kier alpha value is -4.64. The molecular weight excluding hydrogens is 548 g/mol. The first kappa shape index (κ1) is 31.3. The van der Waals surface area contributed by atoms with E-state index in [-0.39, 0.29) is 50.6 Å². The van der Waals surface area contributed by atoms with Crippen LogP contribution in [0.5, 0.6) is 0 Å². The summed E-state index contributed by atoms with van der Waals surface area (Å²) in [5, 5.41) is 8.89. The number of hydrogen-bond acceptors (Lipinski definition) is 6. The Morgan fingerprint density at radius 2 is 1.65 bits per heavy atom. The molecule has 0 spiro atoms. The summed E-state index contributed by atoms with van der Waals surface area (Å²) in [5.41, 5.74) is 2.03. The number of carbonyl (C=O) groups is 4. The molecular formula is C32H40N6O5. The number of amides is 5. The van der Waals surface area contributed by atoms with Crippen molar-refractivity contribution in [2.75, 3.05) is 39.3 Å². The van der Waals surface area contributed by atoms with Crippen LogP contribution in [0.25, 0.3) is 0 Å². The molecule has 5 amide bonds. The minimum atomic E-state index is -0.789. The molecule has 2 aliphatic heterocycles. The maximum Gasteiger partial charge on any atom is 0.407 e. The van der Waals surface area contributed by atoms with Gasteiger partial charge in [-0.1, -0.05) is 79.4 Å². The van der Waals surface area contributed by atoms with Crippen molar-refractivity contribution in [3.8, 4) is 0 Å². The second-order valence-corrected chi connectivity index (χ2v) is 10.4. The molecule has 0 radical (unpaired) electrons. The fourth-order valence-electron chi connectivity index (χ4n) is 5.41. The highest BCUT2D eigenvalue weighted by molar-refractivity contribution is 5.91. The van der Waals surface area contributed by atoms with Crippen LogP contribution in [0.1, 0.15) is 24.0 Å². The average molecular weight is 589 g/mol. The van der Waals surface area contributed by atoms with Crippen LogP contribution < -0.4 is 10.6 Å². The number of fused-ring (bicyclic) bond motifs is 1. The number of nitrogens with one attached hydrogen (secondary N) is 2. The van der Waals surface area contributed by atoms with Gasteiger partial charge in [-0.15, -0.1) is 6.58 Å². The van der Waals surface area contributed by atoms with Crippen LogP contribution in [0.15, 0.2) is 86.0 Å². The highest BCUT2D eigenvalue weighted by Gasteiger charge is 2.50. The number of ether oxygens (including phenoxy) is 1. The molecule has 43 heavy (non-hydrogen) atoms. The molecule has 228 valence electrons. The van der Waals surface area contributed by atoms with Crippen molar-refractivity contribution >= 4 is 23.9 Å². The van der Waals surface area contributed by atoms with Crippen molar-refractivity contribution in [2.45, 2.75) is 38.0 Å². The lowest BCUT2D eigenvalue weighted by Crippen LogP contribution is -2.76. The molecule has 0 aliphatic carbocycles. The van der Waals surface area contributed by atoms with Crippen LogP contribution in [0.2, 0.25) is 0 Å². The fourth-order valence-corrected chi connectivity index (χ4v) is 5.41. The largest absolute Gasteiger partial charge is 0.445 e. The molecule has 2 atom stereocenters. The van der Waals surface area contributed by atoms with Gasteiger partial charge in [0, 0.05) is 26.2 Å². The van der Waals surface area contributed by atoms with Gasteiger partial charge in [0.05, 0.1) is 13.1 Å². The number of piperazine rings is 1. The van der Waals surface area contributed by atoms with Crippen LogP contribution in [0.3, 0.4) is 0 Å². The van der Waals surface area contributed by atoms with Gasteiger partial charge in [0.15, 0.2) is 0 Å². The smallest absolute Gasteiger partial charge is 0.407 e. The highest BCUT2D eigenvalue weighted by Crippen LogP contribution is 2.28. The molecule has 2 fully saturated rings. The Morgan fingerprint density at radius 1 is 0.953 bits per heavy atom. The van der Waals surface area contributed by atoms with Gasteiger partial charge in [-0.2, -0.15) is 0 Å². The van der Waals surface area contributed by atoms with Crippen LogP contribution in [0, 0.1) is 0 Å². The molecule has 2 heterocycles. The number of urea groups is 1. The second kappa shape index (κ2) is 15.5. The normalized spacial score (nSPS) is 18.6. The van der Waals surface area contributed by atoms with E-state index in [1.165, 1.54) is 6.08 Å². The summed E-state index contributed by atoms with van der Waals surface area (Å²) in [5.74, 6) is -0.407. The zero-order chi connectivity index (χ0) is 30.6. The zero-order valence-electron chi connectivity index (χ0n) is 24.4. The van der Waals surface area contributed by atoms with Gasteiger partial charge in [-0.05, 0) is 30.4 Å². The standard InChI is InChI=1S/C32H40N6O5/c1-3-19-36-24-29(39)37-27(16-11-18-33-32(42)43-21-4-2)30(40)35(20-17-25-12-7-5-8-13-25)23-28(37)38(36)31(41)34-22-26-14-9-6-10-15-26/h3-10,12-15,27-28H,1-2,11,16-24H2,(H,33,42)(H,34,41)/t27-,28+/m1/s1. The van der Waals surface area contributed by atoms with E-state index >= 15 is 0 Å². The molecule has 2 aliphatic rings. The number of alkyl carbamates (subject to hydrolysis) is 1. The molecule has 2 aromatic rings. The molecule has 0 saturated carbocycles. The Kier molecular flexibility index (Phi) is 11.3. The molecule has 0 aromatic heterocycles. The molecule has 0 bridgehead atoms. The lowest BCUT2D eigenvalue weighted by molar-refractivity contribution is -0.189. The first-order valence-electron chi connectivity index (χ1n) is 14.5. The summed E-state index contributed by atoms with van der Waals surface area (Å²) < 4.78 is 4.96. The molecule has 0 unspecified atom stereocenters. The van der Waals surface area contributed by atoms with Gasteiger partial charge in [0.2, 0.25) is 11.8 Å². The maximum absolute atomic E-state index is 13.9. The van der Waals surface area contributed by atoms with Gasteiger partial charge in [0.1, 0.15) is 18.8 Å². The van der Waals surface area contributed by atoms with E-state index in [2.05, 4.69) is 23.8 Å². The molecule has 2 saturated heterocycles. The van der Waals surface area contributed by atoms with Gasteiger partial charge >= 0.3 is 12.1 Å². The van der Waals surface area contributed by atoms with Crippen LogP contribution >= 0.6 is 0 Å². The van der Waals surface area contributed by atoms with Crippen molar-refractivity contribution in [1.29, 1.82) is 0 Å². The Balaban J connectivity index is 1.55. The quantitative estimate of drug-likeness (QED) is 0.275. The van der Waals surface area contributed by atoms with E-state index < -0.39 is 18.3 Å². The molecule has 2 aromatic carbocycles. The van der Waals surface area contributed by atoms with E-state index in [1.807, 2.05) is 60.7 Å². The number of benzene rings is 2. The first-order valence-corrected chi connectivity index (χ1v) is 14.5. The summed E-state index contributed by atoms with van der Waals surface area (Å²) in [7, 11) is 0. The third-order valence-electron chi connectivity index (χ3n) is 7.43. The topological polar surface area (TPSA) is 115 Å². The lowest BCUT2D eigenvalue weighted by atomic mass is 10.0. The number of carbonyl (C=O) groups excluding carboxylic acids is 4. The maximum atomic E-state index is 13.9. The molecule has 4 rings (SSSR count). The predicted molar refractivity (Wildman–Crippen MR) is 162 cm³/mol. The second-order valence-electron chi connectivity index (χ2n) is 10.4. The van der Waals surface area contributed by atoms with E-state index in [4.69, 9.17) is 4.74 Å².